The van der Waals surface area contributed by atoms with Crippen LogP contribution in [0, 0.1) is 11.8 Å². The average Bonchev–Trinajstić information content (AvgIpc) is 2.72. The number of hydrogen-bond donors (Lipinski definition) is 2. The Hall–Kier alpha value is -1.79. The van der Waals surface area contributed by atoms with Gasteiger partial charge in [0.2, 0.25) is 11.8 Å². The van der Waals surface area contributed by atoms with Crippen LogP contribution in [0.1, 0.15) is 79.6 Å². The normalized spacial score (nSPS) is 15.0. The summed E-state index contributed by atoms with van der Waals surface area (Å²) >= 11 is 0. The number of hydrogen-bond acceptors (Lipinski definition) is 3. The van der Waals surface area contributed by atoms with Crippen LogP contribution in [-0.4, -0.2) is 73.4 Å². The maximum atomic E-state index is 12.5. The van der Waals surface area contributed by atoms with Gasteiger partial charge in [-0.3, -0.25) is 14.6 Å². The Labute approximate surface area is 190 Å². The van der Waals surface area contributed by atoms with Crippen LogP contribution in [-0.2, 0) is 9.59 Å². The van der Waals surface area contributed by atoms with Gasteiger partial charge >= 0.3 is 0 Å². The van der Waals surface area contributed by atoms with Gasteiger partial charge in [-0.1, -0.05) is 34.1 Å². The molecule has 1 aliphatic heterocycles. The number of piperazine rings is 1. The topological polar surface area (TPSA) is 77.0 Å². The third kappa shape index (κ3) is 12.6. The zero-order valence-corrected chi connectivity index (χ0v) is 20.7. The minimum absolute atomic E-state index is 0.218. The highest BCUT2D eigenvalue weighted by atomic mass is 16.2. The number of guanidine groups is 1. The van der Waals surface area contributed by atoms with Gasteiger partial charge < -0.3 is 20.4 Å². The molecular formula is C24H47N5O2. The number of aliphatic imine (C=N–C) groups is 1. The van der Waals surface area contributed by atoms with E-state index in [0.717, 1.165) is 57.2 Å². The van der Waals surface area contributed by atoms with Crippen LogP contribution in [0.15, 0.2) is 4.99 Å². The number of rotatable bonds is 13. The first-order valence-corrected chi connectivity index (χ1v) is 12.4. The van der Waals surface area contributed by atoms with Crippen LogP contribution >= 0.6 is 0 Å². The van der Waals surface area contributed by atoms with Crippen molar-refractivity contribution in [2.24, 2.45) is 16.8 Å². The summed E-state index contributed by atoms with van der Waals surface area (Å²) in [5, 5.41) is 6.69. The van der Waals surface area contributed by atoms with Crippen LogP contribution in [0.25, 0.3) is 0 Å². The number of amides is 2. The fourth-order valence-electron chi connectivity index (χ4n) is 3.66. The fourth-order valence-corrected chi connectivity index (χ4v) is 3.66. The van der Waals surface area contributed by atoms with E-state index < -0.39 is 0 Å². The second-order valence-electron chi connectivity index (χ2n) is 9.39. The molecule has 0 unspecified atom stereocenters. The van der Waals surface area contributed by atoms with Gasteiger partial charge in [0.1, 0.15) is 0 Å². The Morgan fingerprint density at radius 3 is 2.06 bits per heavy atom. The van der Waals surface area contributed by atoms with Crippen LogP contribution in [0.2, 0.25) is 0 Å². The van der Waals surface area contributed by atoms with Gasteiger partial charge in [-0.05, 0) is 44.4 Å². The zero-order chi connectivity index (χ0) is 23.1. The van der Waals surface area contributed by atoms with Crippen molar-refractivity contribution in [3.05, 3.63) is 0 Å². The molecule has 2 N–H and O–H groups in total. The second-order valence-corrected chi connectivity index (χ2v) is 9.39. The van der Waals surface area contributed by atoms with E-state index in [-0.39, 0.29) is 11.8 Å². The van der Waals surface area contributed by atoms with Crippen molar-refractivity contribution in [3.63, 3.8) is 0 Å². The number of carbonyl (C=O) groups is 2. The molecule has 31 heavy (non-hydrogen) atoms. The highest BCUT2D eigenvalue weighted by Crippen LogP contribution is 2.10. The molecule has 1 saturated heterocycles. The van der Waals surface area contributed by atoms with Gasteiger partial charge in [0.25, 0.3) is 0 Å². The molecule has 0 saturated carbocycles. The maximum absolute atomic E-state index is 12.5. The number of nitrogens with one attached hydrogen (secondary N) is 2. The molecule has 0 aromatic heterocycles. The predicted octanol–water partition coefficient (Wildman–Crippen LogP) is 3.26. The molecule has 0 spiro atoms. The van der Waals surface area contributed by atoms with Gasteiger partial charge in [-0.25, -0.2) is 0 Å². The summed E-state index contributed by atoms with van der Waals surface area (Å²) < 4.78 is 0. The summed E-state index contributed by atoms with van der Waals surface area (Å²) in [6, 6.07) is 0. The Morgan fingerprint density at radius 2 is 1.48 bits per heavy atom. The molecular weight excluding hydrogens is 390 g/mol. The van der Waals surface area contributed by atoms with Gasteiger partial charge in [0, 0.05) is 58.7 Å². The molecule has 180 valence electrons. The van der Waals surface area contributed by atoms with E-state index in [1.807, 2.05) is 9.80 Å². The molecule has 1 fully saturated rings. The van der Waals surface area contributed by atoms with Crippen LogP contribution in [0.5, 0.6) is 0 Å². The highest BCUT2D eigenvalue weighted by molar-refractivity contribution is 5.79. The summed E-state index contributed by atoms with van der Waals surface area (Å²) in [7, 11) is 0. The lowest BCUT2D eigenvalue weighted by Crippen LogP contribution is -2.50. The molecule has 0 bridgehead atoms. The molecule has 1 rings (SSSR count). The standard InChI is InChI=1S/C24H47N5O2/c1-6-25-24(27-14-10-11-20(2)3)26-13-9-7-8-12-22(30)28-15-17-29(18-16-28)23(31)19-21(4)5/h20-21H,6-19H2,1-5H3,(H2,25,26,27). The van der Waals surface area contributed by atoms with E-state index in [0.29, 0.717) is 44.9 Å². The number of unbranched alkanes of at least 4 members (excludes halogenated alkanes) is 2. The Morgan fingerprint density at radius 1 is 0.839 bits per heavy atom. The number of carbonyl (C=O) groups excluding carboxylic acids is 2. The Balaban J connectivity index is 2.15. The quantitative estimate of drug-likeness (QED) is 0.263. The van der Waals surface area contributed by atoms with Crippen molar-refractivity contribution >= 4 is 17.8 Å². The third-order valence-corrected chi connectivity index (χ3v) is 5.48. The van der Waals surface area contributed by atoms with Crippen molar-refractivity contribution in [1.82, 2.24) is 20.4 Å². The predicted molar refractivity (Wildman–Crippen MR) is 129 cm³/mol. The smallest absolute Gasteiger partial charge is 0.222 e. The molecule has 7 heteroatoms. The molecule has 1 heterocycles. The molecule has 0 aromatic carbocycles. The van der Waals surface area contributed by atoms with Crippen molar-refractivity contribution in [1.29, 1.82) is 0 Å². The Bertz CT molecular complexity index is 540. The van der Waals surface area contributed by atoms with Crippen LogP contribution in [0.4, 0.5) is 0 Å². The number of nitrogens with zero attached hydrogens (tertiary/aromatic N) is 3. The van der Waals surface area contributed by atoms with E-state index in [2.05, 4.69) is 50.2 Å². The molecule has 0 atom stereocenters. The van der Waals surface area contributed by atoms with E-state index in [9.17, 15) is 9.59 Å². The zero-order valence-electron chi connectivity index (χ0n) is 20.7. The first-order chi connectivity index (χ1) is 14.8. The molecule has 2 amide bonds. The second kappa shape index (κ2) is 15.9. The van der Waals surface area contributed by atoms with Gasteiger partial charge in [0.15, 0.2) is 5.96 Å². The molecule has 0 radical (unpaired) electrons. The average molecular weight is 438 g/mol. The highest BCUT2D eigenvalue weighted by Gasteiger charge is 2.23. The van der Waals surface area contributed by atoms with Crippen molar-refractivity contribution in [2.75, 3.05) is 45.8 Å². The summed E-state index contributed by atoms with van der Waals surface area (Å²) in [6.45, 7) is 16.0. The van der Waals surface area contributed by atoms with E-state index >= 15 is 0 Å². The lowest BCUT2D eigenvalue weighted by Gasteiger charge is -2.35. The summed E-state index contributed by atoms with van der Waals surface area (Å²) in [5.74, 6) is 2.45. The van der Waals surface area contributed by atoms with Gasteiger partial charge in [-0.15, -0.1) is 0 Å². The van der Waals surface area contributed by atoms with Crippen molar-refractivity contribution in [2.45, 2.75) is 79.6 Å². The van der Waals surface area contributed by atoms with Gasteiger partial charge in [0.05, 0.1) is 0 Å². The van der Waals surface area contributed by atoms with Crippen molar-refractivity contribution in [3.8, 4) is 0 Å². The Kier molecular flexibility index (Phi) is 14.0. The summed E-state index contributed by atoms with van der Waals surface area (Å²) in [4.78, 5) is 33.1. The van der Waals surface area contributed by atoms with Gasteiger partial charge in [-0.2, -0.15) is 0 Å². The fraction of sp³-hybridized carbons (Fsp3) is 0.875. The largest absolute Gasteiger partial charge is 0.357 e. The molecule has 1 aliphatic rings. The van der Waals surface area contributed by atoms with Crippen molar-refractivity contribution < 1.29 is 9.59 Å². The van der Waals surface area contributed by atoms with E-state index in [1.165, 1.54) is 6.42 Å². The first-order valence-electron chi connectivity index (χ1n) is 12.4. The third-order valence-electron chi connectivity index (χ3n) is 5.48. The molecule has 0 aliphatic carbocycles. The minimum atomic E-state index is 0.218. The minimum Gasteiger partial charge on any atom is -0.357 e. The summed E-state index contributed by atoms with van der Waals surface area (Å²) in [5.41, 5.74) is 0. The monoisotopic (exact) mass is 437 g/mol. The lowest BCUT2D eigenvalue weighted by atomic mass is 10.1. The lowest BCUT2D eigenvalue weighted by molar-refractivity contribution is -0.140. The van der Waals surface area contributed by atoms with Crippen LogP contribution in [0.3, 0.4) is 0 Å². The summed E-state index contributed by atoms with van der Waals surface area (Å²) in [6.07, 6.45) is 6.49. The van der Waals surface area contributed by atoms with Crippen LogP contribution < -0.4 is 10.6 Å². The van der Waals surface area contributed by atoms with E-state index in [1.54, 1.807) is 0 Å². The maximum Gasteiger partial charge on any atom is 0.222 e. The van der Waals surface area contributed by atoms with E-state index in [4.69, 9.17) is 0 Å². The first kappa shape index (κ1) is 27.2. The molecule has 0 aromatic rings. The SMILES string of the molecule is CCNC(=NCCCC(C)C)NCCCCCC(=O)N1CCN(C(=O)CC(C)C)CC1. The molecule has 7 nitrogen and oxygen atoms in total.